The third kappa shape index (κ3) is 2.52. The molecule has 1 aromatic heterocycles. The lowest BCUT2D eigenvalue weighted by Gasteiger charge is -2.26. The summed E-state index contributed by atoms with van der Waals surface area (Å²) < 4.78 is 0. The molecule has 0 N–H and O–H groups in total. The van der Waals surface area contributed by atoms with Gasteiger partial charge in [-0.05, 0) is 37.6 Å². The van der Waals surface area contributed by atoms with Gasteiger partial charge in [-0.3, -0.25) is 9.88 Å². The van der Waals surface area contributed by atoms with E-state index in [1.165, 1.54) is 37.9 Å². The van der Waals surface area contributed by atoms with Crippen molar-refractivity contribution in [2.45, 2.75) is 25.8 Å². The quantitative estimate of drug-likeness (QED) is 0.682. The van der Waals surface area contributed by atoms with E-state index in [1.54, 1.807) is 0 Å². The zero-order chi connectivity index (χ0) is 8.93. The fourth-order valence-corrected chi connectivity index (χ4v) is 1.82. The van der Waals surface area contributed by atoms with Gasteiger partial charge in [-0.1, -0.05) is 12.5 Å². The maximum absolute atomic E-state index is 4.00. The molecule has 2 rings (SSSR count). The highest BCUT2D eigenvalue weighted by molar-refractivity contribution is 5.07. The second-order valence-electron chi connectivity index (χ2n) is 3.63. The fourth-order valence-electron chi connectivity index (χ4n) is 1.82. The largest absolute Gasteiger partial charge is 0.299 e. The van der Waals surface area contributed by atoms with Gasteiger partial charge in [-0.2, -0.15) is 0 Å². The van der Waals surface area contributed by atoms with E-state index in [4.69, 9.17) is 0 Å². The minimum atomic E-state index is 1.06. The highest BCUT2D eigenvalue weighted by Crippen LogP contribution is 2.11. The van der Waals surface area contributed by atoms with Crippen molar-refractivity contribution in [1.82, 2.24) is 9.88 Å². The Kier molecular flexibility index (Phi) is 2.93. The van der Waals surface area contributed by atoms with Crippen LogP contribution in [0.5, 0.6) is 0 Å². The van der Waals surface area contributed by atoms with E-state index < -0.39 is 0 Å². The van der Waals surface area contributed by atoms with Gasteiger partial charge in [0.25, 0.3) is 0 Å². The van der Waals surface area contributed by atoms with E-state index in [-0.39, 0.29) is 0 Å². The van der Waals surface area contributed by atoms with Crippen LogP contribution < -0.4 is 0 Å². The minimum absolute atomic E-state index is 1.06. The molecule has 0 amide bonds. The van der Waals surface area contributed by atoms with Crippen LogP contribution in [0.2, 0.25) is 0 Å². The molecule has 0 aliphatic carbocycles. The normalized spacial score (nSPS) is 18.8. The molecule has 0 unspecified atom stereocenters. The van der Waals surface area contributed by atoms with Gasteiger partial charge >= 0.3 is 0 Å². The lowest BCUT2D eigenvalue weighted by molar-refractivity contribution is 0.220. The van der Waals surface area contributed by atoms with E-state index in [9.17, 15) is 0 Å². The molecule has 0 spiro atoms. The van der Waals surface area contributed by atoms with E-state index in [2.05, 4.69) is 22.1 Å². The summed E-state index contributed by atoms with van der Waals surface area (Å²) in [5.41, 5.74) is 1.31. The zero-order valence-electron chi connectivity index (χ0n) is 7.87. The molecule has 1 radical (unpaired) electrons. The van der Waals surface area contributed by atoms with Crippen LogP contribution >= 0.6 is 0 Å². The maximum Gasteiger partial charge on any atom is 0.0886 e. The Balaban J connectivity index is 1.90. The van der Waals surface area contributed by atoms with Crippen LogP contribution in [-0.4, -0.2) is 23.0 Å². The van der Waals surface area contributed by atoms with Crippen molar-refractivity contribution < 1.29 is 0 Å². The van der Waals surface area contributed by atoms with Crippen molar-refractivity contribution in [2.75, 3.05) is 13.1 Å². The number of aromatic nitrogens is 1. The average molecular weight is 175 g/mol. The van der Waals surface area contributed by atoms with Crippen molar-refractivity contribution in [2.24, 2.45) is 0 Å². The first-order valence-electron chi connectivity index (χ1n) is 4.98. The van der Waals surface area contributed by atoms with E-state index in [0.29, 0.717) is 0 Å². The third-order valence-corrected chi connectivity index (χ3v) is 2.53. The van der Waals surface area contributed by atoms with Gasteiger partial charge in [0, 0.05) is 12.7 Å². The van der Waals surface area contributed by atoms with Crippen molar-refractivity contribution in [1.29, 1.82) is 0 Å². The summed E-state index contributed by atoms with van der Waals surface area (Å²) in [5.74, 6) is 0. The summed E-state index contributed by atoms with van der Waals surface area (Å²) in [5, 5.41) is 0. The molecule has 2 nitrogen and oxygen atoms in total. The molecular formula is C11H15N2. The summed E-state index contributed by atoms with van der Waals surface area (Å²) in [6.07, 6.45) is 8.82. The molecular weight excluding hydrogens is 160 g/mol. The van der Waals surface area contributed by atoms with Gasteiger partial charge in [0.1, 0.15) is 0 Å². The molecule has 1 aromatic rings. The number of hydrogen-bond acceptors (Lipinski definition) is 2. The highest BCUT2D eigenvalue weighted by Gasteiger charge is 2.09. The van der Waals surface area contributed by atoms with Crippen molar-refractivity contribution in [3.63, 3.8) is 0 Å². The molecule has 1 aliphatic heterocycles. The van der Waals surface area contributed by atoms with Crippen LogP contribution in [-0.2, 0) is 6.54 Å². The smallest absolute Gasteiger partial charge is 0.0886 e. The number of hydrogen-bond donors (Lipinski definition) is 0. The van der Waals surface area contributed by atoms with Crippen LogP contribution in [0.25, 0.3) is 0 Å². The van der Waals surface area contributed by atoms with Gasteiger partial charge < -0.3 is 0 Å². The zero-order valence-corrected chi connectivity index (χ0v) is 7.87. The van der Waals surface area contributed by atoms with Crippen molar-refractivity contribution >= 4 is 0 Å². The molecule has 0 atom stereocenters. The Morgan fingerprint density at radius 3 is 2.85 bits per heavy atom. The first-order chi connectivity index (χ1) is 6.45. The van der Waals surface area contributed by atoms with E-state index in [0.717, 1.165) is 6.54 Å². The molecule has 1 aliphatic rings. The Bertz CT molecular complexity index is 240. The first-order valence-corrected chi connectivity index (χ1v) is 4.98. The van der Waals surface area contributed by atoms with Gasteiger partial charge in [0.05, 0.1) is 6.20 Å². The number of piperidine rings is 1. The van der Waals surface area contributed by atoms with Crippen LogP contribution in [0, 0.1) is 6.20 Å². The second kappa shape index (κ2) is 4.38. The molecule has 0 saturated carbocycles. The summed E-state index contributed by atoms with van der Waals surface area (Å²) >= 11 is 0. The van der Waals surface area contributed by atoms with Crippen LogP contribution in [0.3, 0.4) is 0 Å². The number of rotatable bonds is 2. The van der Waals surface area contributed by atoms with Crippen molar-refractivity contribution in [3.8, 4) is 0 Å². The Morgan fingerprint density at radius 2 is 2.15 bits per heavy atom. The molecule has 0 aromatic carbocycles. The maximum atomic E-state index is 4.00. The molecule has 69 valence electrons. The standard InChI is InChI=1S/C11H15N2/c1-2-7-13(8-3-1)10-11-5-4-6-12-9-11/h4-5,9H,1-3,7-8,10H2. The summed E-state index contributed by atoms with van der Waals surface area (Å²) in [6, 6.07) is 3.99. The van der Waals surface area contributed by atoms with Gasteiger partial charge in [0.2, 0.25) is 0 Å². The number of likely N-dealkylation sites (tertiary alicyclic amines) is 1. The molecule has 1 fully saturated rings. The van der Waals surface area contributed by atoms with E-state index >= 15 is 0 Å². The lowest BCUT2D eigenvalue weighted by atomic mass is 10.1. The molecule has 2 heterocycles. The topological polar surface area (TPSA) is 16.1 Å². The SMILES string of the molecule is [c]1ccc(CN2CCCCC2)cn1. The van der Waals surface area contributed by atoms with E-state index in [1.807, 2.05) is 12.3 Å². The Hall–Kier alpha value is -0.890. The van der Waals surface area contributed by atoms with Crippen LogP contribution in [0.1, 0.15) is 24.8 Å². The molecule has 2 heteroatoms. The first kappa shape index (κ1) is 8.70. The predicted molar refractivity (Wildman–Crippen MR) is 52.2 cm³/mol. The Morgan fingerprint density at radius 1 is 1.31 bits per heavy atom. The summed E-state index contributed by atoms with van der Waals surface area (Å²) in [6.45, 7) is 3.55. The molecule has 0 bridgehead atoms. The minimum Gasteiger partial charge on any atom is -0.299 e. The van der Waals surface area contributed by atoms with Gasteiger partial charge in [-0.15, -0.1) is 0 Å². The van der Waals surface area contributed by atoms with Gasteiger partial charge in [-0.25, -0.2) is 0 Å². The molecule has 1 saturated heterocycles. The van der Waals surface area contributed by atoms with Gasteiger partial charge in [0.15, 0.2) is 0 Å². The number of pyridine rings is 1. The summed E-state index contributed by atoms with van der Waals surface area (Å²) in [7, 11) is 0. The average Bonchev–Trinajstić information content (AvgIpc) is 2.21. The van der Waals surface area contributed by atoms with Crippen molar-refractivity contribution in [3.05, 3.63) is 30.1 Å². The predicted octanol–water partition coefficient (Wildman–Crippen LogP) is 1.87. The number of nitrogens with zero attached hydrogens (tertiary/aromatic N) is 2. The summed E-state index contributed by atoms with van der Waals surface area (Å²) in [4.78, 5) is 6.50. The van der Waals surface area contributed by atoms with Crippen LogP contribution in [0.15, 0.2) is 18.3 Å². The lowest BCUT2D eigenvalue weighted by Crippen LogP contribution is -2.29. The third-order valence-electron chi connectivity index (χ3n) is 2.53. The second-order valence-corrected chi connectivity index (χ2v) is 3.63. The monoisotopic (exact) mass is 175 g/mol. The highest BCUT2D eigenvalue weighted by atomic mass is 15.1. The molecule has 13 heavy (non-hydrogen) atoms. The Labute approximate surface area is 79.6 Å². The van der Waals surface area contributed by atoms with Crippen LogP contribution in [0.4, 0.5) is 0 Å². The fraction of sp³-hybridized carbons (Fsp3) is 0.545.